The lowest BCUT2D eigenvalue weighted by atomic mass is 10.3. The van der Waals surface area contributed by atoms with Crippen molar-refractivity contribution < 1.29 is 9.15 Å². The van der Waals surface area contributed by atoms with Crippen LogP contribution in [-0.4, -0.2) is 27.6 Å². The van der Waals surface area contributed by atoms with Crippen LogP contribution >= 0.6 is 11.8 Å². The lowest BCUT2D eigenvalue weighted by Crippen LogP contribution is -2.01. The van der Waals surface area contributed by atoms with Crippen molar-refractivity contribution >= 4 is 11.8 Å². The standard InChI is InChI=1S/C15H15N3O2S/c1-3-21-15-17-16-14(13-9-6-10-20-13)18(15)11-7-4-5-8-12(11)19-2/h4-10H,3H2,1-2H3. The number of thioether (sulfide) groups is 1. The summed E-state index contributed by atoms with van der Waals surface area (Å²) in [7, 11) is 1.66. The number of rotatable bonds is 5. The van der Waals surface area contributed by atoms with Gasteiger partial charge in [-0.05, 0) is 30.0 Å². The minimum Gasteiger partial charge on any atom is -0.495 e. The van der Waals surface area contributed by atoms with Crippen LogP contribution in [0.4, 0.5) is 0 Å². The fourth-order valence-corrected chi connectivity index (χ4v) is 2.76. The summed E-state index contributed by atoms with van der Waals surface area (Å²) < 4.78 is 12.9. The molecule has 2 heterocycles. The molecule has 0 aliphatic rings. The average molecular weight is 301 g/mol. The smallest absolute Gasteiger partial charge is 0.205 e. The molecule has 21 heavy (non-hydrogen) atoms. The van der Waals surface area contributed by atoms with Crippen LogP contribution in [0.1, 0.15) is 6.92 Å². The molecule has 0 aliphatic heterocycles. The van der Waals surface area contributed by atoms with E-state index in [1.165, 1.54) is 0 Å². The van der Waals surface area contributed by atoms with E-state index in [1.54, 1.807) is 25.1 Å². The van der Waals surface area contributed by atoms with Gasteiger partial charge in [0.25, 0.3) is 0 Å². The molecule has 1 aromatic carbocycles. The third-order valence-electron chi connectivity index (χ3n) is 2.97. The zero-order valence-corrected chi connectivity index (χ0v) is 12.6. The fourth-order valence-electron chi connectivity index (χ4n) is 2.09. The second-order valence-corrected chi connectivity index (χ2v) is 5.45. The van der Waals surface area contributed by atoms with Gasteiger partial charge in [0.1, 0.15) is 5.75 Å². The van der Waals surface area contributed by atoms with Crippen LogP contribution in [0.2, 0.25) is 0 Å². The fraction of sp³-hybridized carbons (Fsp3) is 0.200. The predicted octanol–water partition coefficient (Wildman–Crippen LogP) is 3.65. The number of hydrogen-bond donors (Lipinski definition) is 0. The Labute approximate surface area is 126 Å². The molecule has 3 rings (SSSR count). The Hall–Kier alpha value is -2.21. The Bertz CT molecular complexity index is 722. The number of benzene rings is 1. The summed E-state index contributed by atoms with van der Waals surface area (Å²) >= 11 is 1.63. The SMILES string of the molecule is CCSc1nnc(-c2ccco2)n1-c1ccccc1OC. The van der Waals surface area contributed by atoms with Crippen LogP contribution in [-0.2, 0) is 0 Å². The Morgan fingerprint density at radius 1 is 1.19 bits per heavy atom. The van der Waals surface area contributed by atoms with Gasteiger partial charge in [0.05, 0.1) is 19.1 Å². The topological polar surface area (TPSA) is 53.1 Å². The zero-order valence-electron chi connectivity index (χ0n) is 11.8. The molecule has 0 radical (unpaired) electrons. The van der Waals surface area contributed by atoms with Crippen LogP contribution in [0.3, 0.4) is 0 Å². The van der Waals surface area contributed by atoms with Crippen molar-refractivity contribution in [1.29, 1.82) is 0 Å². The number of aromatic nitrogens is 3. The van der Waals surface area contributed by atoms with E-state index < -0.39 is 0 Å². The second kappa shape index (κ2) is 6.05. The summed E-state index contributed by atoms with van der Waals surface area (Å²) in [5.74, 6) is 3.02. The highest BCUT2D eigenvalue weighted by atomic mass is 32.2. The molecule has 0 saturated heterocycles. The maximum absolute atomic E-state index is 5.47. The summed E-state index contributed by atoms with van der Waals surface area (Å²) in [4.78, 5) is 0. The normalized spacial score (nSPS) is 10.8. The number of ether oxygens (including phenoxy) is 1. The number of nitrogens with zero attached hydrogens (tertiary/aromatic N) is 3. The van der Waals surface area contributed by atoms with E-state index in [9.17, 15) is 0 Å². The lowest BCUT2D eigenvalue weighted by molar-refractivity contribution is 0.412. The number of methoxy groups -OCH3 is 1. The van der Waals surface area contributed by atoms with Crippen LogP contribution in [0.25, 0.3) is 17.3 Å². The quantitative estimate of drug-likeness (QED) is 0.673. The average Bonchev–Trinajstić information content (AvgIpc) is 3.16. The van der Waals surface area contributed by atoms with Crippen molar-refractivity contribution in [3.63, 3.8) is 0 Å². The Kier molecular flexibility index (Phi) is 3.96. The van der Waals surface area contributed by atoms with Gasteiger partial charge in [-0.15, -0.1) is 10.2 Å². The third kappa shape index (κ3) is 2.54. The molecule has 0 N–H and O–H groups in total. The van der Waals surface area contributed by atoms with Crippen molar-refractivity contribution in [3.05, 3.63) is 42.7 Å². The first-order valence-corrected chi connectivity index (χ1v) is 7.59. The van der Waals surface area contributed by atoms with Gasteiger partial charge in [-0.25, -0.2) is 0 Å². The van der Waals surface area contributed by atoms with Crippen LogP contribution < -0.4 is 4.74 Å². The lowest BCUT2D eigenvalue weighted by Gasteiger charge is -2.12. The molecule has 0 unspecified atom stereocenters. The summed E-state index contributed by atoms with van der Waals surface area (Å²) in [6, 6.07) is 11.5. The molecule has 0 amide bonds. The van der Waals surface area contributed by atoms with E-state index in [0.29, 0.717) is 11.6 Å². The first-order valence-electron chi connectivity index (χ1n) is 6.60. The molecule has 0 bridgehead atoms. The summed E-state index contributed by atoms with van der Waals surface area (Å²) in [5, 5.41) is 9.36. The van der Waals surface area contributed by atoms with Crippen LogP contribution in [0.5, 0.6) is 5.75 Å². The van der Waals surface area contributed by atoms with Gasteiger partial charge in [0.2, 0.25) is 5.82 Å². The van der Waals surface area contributed by atoms with Crippen molar-refractivity contribution in [1.82, 2.24) is 14.8 Å². The maximum atomic E-state index is 5.47. The molecule has 108 valence electrons. The highest BCUT2D eigenvalue weighted by molar-refractivity contribution is 7.99. The van der Waals surface area contributed by atoms with Crippen LogP contribution in [0.15, 0.2) is 52.2 Å². The summed E-state index contributed by atoms with van der Waals surface area (Å²) in [6.45, 7) is 2.08. The van der Waals surface area contributed by atoms with Gasteiger partial charge >= 0.3 is 0 Å². The summed E-state index contributed by atoms with van der Waals surface area (Å²) in [5.41, 5.74) is 0.896. The molecule has 3 aromatic rings. The molecule has 0 spiro atoms. The maximum Gasteiger partial charge on any atom is 0.205 e. The minimum absolute atomic E-state index is 0.667. The molecule has 0 fully saturated rings. The molecular weight excluding hydrogens is 286 g/mol. The first-order chi connectivity index (χ1) is 10.3. The minimum atomic E-state index is 0.667. The van der Waals surface area contributed by atoms with E-state index in [4.69, 9.17) is 9.15 Å². The van der Waals surface area contributed by atoms with Crippen molar-refractivity contribution in [2.24, 2.45) is 0 Å². The van der Waals surface area contributed by atoms with Gasteiger partial charge in [0, 0.05) is 0 Å². The summed E-state index contributed by atoms with van der Waals surface area (Å²) in [6.07, 6.45) is 1.63. The Morgan fingerprint density at radius 2 is 2.05 bits per heavy atom. The third-order valence-corrected chi connectivity index (χ3v) is 3.79. The largest absolute Gasteiger partial charge is 0.495 e. The highest BCUT2D eigenvalue weighted by Crippen LogP contribution is 2.32. The van der Waals surface area contributed by atoms with E-state index in [1.807, 2.05) is 41.0 Å². The Balaban J connectivity index is 2.21. The van der Waals surface area contributed by atoms with Gasteiger partial charge in [0.15, 0.2) is 10.9 Å². The molecule has 6 heteroatoms. The van der Waals surface area contributed by atoms with Crippen LogP contribution in [0, 0.1) is 0 Å². The first kappa shape index (κ1) is 13.8. The van der Waals surface area contributed by atoms with Gasteiger partial charge in [-0.3, -0.25) is 4.57 Å². The molecule has 0 aliphatic carbocycles. The van der Waals surface area contributed by atoms with E-state index in [0.717, 1.165) is 22.3 Å². The van der Waals surface area contributed by atoms with Crippen molar-refractivity contribution in [2.45, 2.75) is 12.1 Å². The number of hydrogen-bond acceptors (Lipinski definition) is 5. The second-order valence-electron chi connectivity index (χ2n) is 4.22. The molecular formula is C15H15N3O2S. The highest BCUT2D eigenvalue weighted by Gasteiger charge is 2.19. The van der Waals surface area contributed by atoms with E-state index in [2.05, 4.69) is 17.1 Å². The Morgan fingerprint density at radius 3 is 2.76 bits per heavy atom. The molecule has 2 aromatic heterocycles. The van der Waals surface area contributed by atoms with Crippen molar-refractivity contribution in [2.75, 3.05) is 12.9 Å². The van der Waals surface area contributed by atoms with Gasteiger partial charge in [-0.1, -0.05) is 30.8 Å². The predicted molar refractivity (Wildman–Crippen MR) is 82.0 cm³/mol. The van der Waals surface area contributed by atoms with Gasteiger partial charge < -0.3 is 9.15 Å². The zero-order chi connectivity index (χ0) is 14.7. The van der Waals surface area contributed by atoms with E-state index in [-0.39, 0.29) is 0 Å². The van der Waals surface area contributed by atoms with Gasteiger partial charge in [-0.2, -0.15) is 0 Å². The van der Waals surface area contributed by atoms with E-state index >= 15 is 0 Å². The molecule has 0 saturated carbocycles. The number of para-hydroxylation sites is 2. The molecule has 0 atom stereocenters. The number of furan rings is 1. The van der Waals surface area contributed by atoms with Crippen molar-refractivity contribution in [3.8, 4) is 23.0 Å². The monoisotopic (exact) mass is 301 g/mol. The molecule has 5 nitrogen and oxygen atoms in total.